The van der Waals surface area contributed by atoms with Gasteiger partial charge in [0.15, 0.2) is 12.6 Å². The van der Waals surface area contributed by atoms with Crippen LogP contribution >= 0.6 is 24.0 Å². The van der Waals surface area contributed by atoms with E-state index in [0.717, 1.165) is 70.2 Å². The number of benzene rings is 1. The Kier molecular flexibility index (Phi) is 10.7. The normalized spacial score (nSPS) is 18.5. The van der Waals surface area contributed by atoms with E-state index in [-0.39, 0.29) is 36.5 Å². The van der Waals surface area contributed by atoms with Crippen LogP contribution in [0, 0.1) is 5.92 Å². The molecule has 1 saturated carbocycles. The number of amides is 1. The zero-order valence-corrected chi connectivity index (χ0v) is 20.4. The fourth-order valence-corrected chi connectivity index (χ4v) is 3.36. The lowest BCUT2D eigenvalue weighted by Crippen LogP contribution is -2.41. The molecular weight excluding hydrogens is 495 g/mol. The Bertz CT molecular complexity index is 673. The van der Waals surface area contributed by atoms with Crippen molar-refractivity contribution in [3.63, 3.8) is 0 Å². The summed E-state index contributed by atoms with van der Waals surface area (Å²) in [4.78, 5) is 18.7. The van der Waals surface area contributed by atoms with Gasteiger partial charge in [-0.2, -0.15) is 0 Å². The van der Waals surface area contributed by atoms with Crippen molar-refractivity contribution in [2.24, 2.45) is 10.9 Å². The molecule has 1 aliphatic heterocycles. The number of carbonyl (C=O) groups excluding carboxylic acids is 1. The van der Waals surface area contributed by atoms with E-state index in [0.29, 0.717) is 12.0 Å². The number of nitrogens with zero attached hydrogens (tertiary/aromatic N) is 2. The van der Waals surface area contributed by atoms with Gasteiger partial charge < -0.3 is 25.0 Å². The fraction of sp³-hybridized carbons (Fsp3) is 0.636. The van der Waals surface area contributed by atoms with Crippen molar-refractivity contribution in [1.82, 2.24) is 15.5 Å². The number of halogens is 1. The summed E-state index contributed by atoms with van der Waals surface area (Å²) in [7, 11) is 2.09. The van der Waals surface area contributed by atoms with Crippen molar-refractivity contribution in [2.75, 3.05) is 46.5 Å². The Morgan fingerprint density at radius 2 is 2.03 bits per heavy atom. The van der Waals surface area contributed by atoms with Gasteiger partial charge in [-0.25, -0.2) is 0 Å². The van der Waals surface area contributed by atoms with Crippen LogP contribution in [-0.2, 0) is 16.0 Å². The van der Waals surface area contributed by atoms with E-state index in [1.54, 1.807) is 0 Å². The molecule has 0 radical (unpaired) electrons. The number of aliphatic imine (C=N–C) groups is 1. The fourth-order valence-electron chi connectivity index (χ4n) is 3.36. The number of hydrogen-bond acceptors (Lipinski definition) is 4. The molecule has 3 rings (SSSR count). The maximum absolute atomic E-state index is 11.7. The lowest BCUT2D eigenvalue weighted by molar-refractivity contribution is -0.123. The Balaban J connectivity index is 0.00000320. The summed E-state index contributed by atoms with van der Waals surface area (Å²) in [6.45, 7) is 6.42. The summed E-state index contributed by atoms with van der Waals surface area (Å²) >= 11 is 0. The monoisotopic (exact) mass is 530 g/mol. The predicted molar refractivity (Wildman–Crippen MR) is 130 cm³/mol. The SMILES string of the molecule is CCNC(=NCCc1ccc(OCC(=O)NC2CC2)cc1)N(C)CC1CCOC1.I. The van der Waals surface area contributed by atoms with Crippen LogP contribution in [0.3, 0.4) is 0 Å². The molecule has 1 aromatic carbocycles. The van der Waals surface area contributed by atoms with Crippen LogP contribution in [0.5, 0.6) is 5.75 Å². The van der Waals surface area contributed by atoms with Gasteiger partial charge in [0.25, 0.3) is 5.91 Å². The first kappa shape index (κ1) is 24.7. The smallest absolute Gasteiger partial charge is 0.258 e. The van der Waals surface area contributed by atoms with Crippen molar-refractivity contribution in [3.8, 4) is 5.75 Å². The second-order valence-electron chi connectivity index (χ2n) is 7.87. The topological polar surface area (TPSA) is 75.2 Å². The predicted octanol–water partition coefficient (Wildman–Crippen LogP) is 2.44. The van der Waals surface area contributed by atoms with Gasteiger partial charge in [0.1, 0.15) is 5.75 Å². The number of rotatable bonds is 10. The van der Waals surface area contributed by atoms with Crippen molar-refractivity contribution in [2.45, 2.75) is 38.6 Å². The quantitative estimate of drug-likeness (QED) is 0.276. The molecule has 1 atom stereocenters. The van der Waals surface area contributed by atoms with E-state index in [4.69, 9.17) is 14.5 Å². The third kappa shape index (κ3) is 8.67. The van der Waals surface area contributed by atoms with E-state index >= 15 is 0 Å². The molecule has 1 saturated heterocycles. The number of hydrogen-bond donors (Lipinski definition) is 2. The molecule has 2 N–H and O–H groups in total. The first-order chi connectivity index (χ1) is 14.1. The highest BCUT2D eigenvalue weighted by atomic mass is 127. The molecule has 1 unspecified atom stereocenters. The van der Waals surface area contributed by atoms with E-state index in [1.807, 2.05) is 24.3 Å². The van der Waals surface area contributed by atoms with Crippen LogP contribution in [0.4, 0.5) is 0 Å². The lowest BCUT2D eigenvalue weighted by atomic mass is 10.1. The first-order valence-electron chi connectivity index (χ1n) is 10.7. The highest BCUT2D eigenvalue weighted by Crippen LogP contribution is 2.18. The van der Waals surface area contributed by atoms with Gasteiger partial charge in [0.05, 0.1) is 6.61 Å². The lowest BCUT2D eigenvalue weighted by Gasteiger charge is -2.24. The van der Waals surface area contributed by atoms with Gasteiger partial charge in [0, 0.05) is 45.2 Å². The highest BCUT2D eigenvalue weighted by molar-refractivity contribution is 14.0. The van der Waals surface area contributed by atoms with Crippen LogP contribution in [-0.4, -0.2) is 69.3 Å². The third-order valence-corrected chi connectivity index (χ3v) is 5.15. The van der Waals surface area contributed by atoms with Crippen LogP contribution in [0.15, 0.2) is 29.3 Å². The zero-order chi connectivity index (χ0) is 20.5. The summed E-state index contributed by atoms with van der Waals surface area (Å²) in [5, 5.41) is 6.29. The van der Waals surface area contributed by atoms with Gasteiger partial charge in [-0.15, -0.1) is 24.0 Å². The molecule has 1 aliphatic carbocycles. The van der Waals surface area contributed by atoms with Gasteiger partial charge in [-0.05, 0) is 50.3 Å². The van der Waals surface area contributed by atoms with Crippen molar-refractivity contribution < 1.29 is 14.3 Å². The average molecular weight is 530 g/mol. The second kappa shape index (κ2) is 13.0. The molecule has 2 aliphatic rings. The van der Waals surface area contributed by atoms with Crippen LogP contribution in [0.1, 0.15) is 31.7 Å². The van der Waals surface area contributed by atoms with Gasteiger partial charge >= 0.3 is 0 Å². The molecule has 2 fully saturated rings. The molecule has 8 heteroatoms. The summed E-state index contributed by atoms with van der Waals surface area (Å²) in [6, 6.07) is 8.28. The Hall–Kier alpha value is -1.55. The standard InChI is InChI=1S/C22H34N4O3.HI/c1-3-23-22(26(2)14-18-11-13-28-15-18)24-12-10-17-4-8-20(9-5-17)29-16-21(27)25-19-6-7-19;/h4-5,8-9,18-19H,3,6-7,10-16H2,1-2H3,(H,23,24)(H,25,27);1H. The maximum Gasteiger partial charge on any atom is 0.258 e. The van der Waals surface area contributed by atoms with Gasteiger partial charge in [-0.1, -0.05) is 12.1 Å². The minimum Gasteiger partial charge on any atom is -0.484 e. The van der Waals surface area contributed by atoms with E-state index in [9.17, 15) is 4.79 Å². The Morgan fingerprint density at radius 3 is 2.67 bits per heavy atom. The minimum atomic E-state index is -0.0462. The molecule has 1 aromatic rings. The van der Waals surface area contributed by atoms with E-state index in [2.05, 4.69) is 29.5 Å². The van der Waals surface area contributed by atoms with Gasteiger partial charge in [-0.3, -0.25) is 9.79 Å². The van der Waals surface area contributed by atoms with Gasteiger partial charge in [0.2, 0.25) is 0 Å². The number of ether oxygens (including phenoxy) is 2. The largest absolute Gasteiger partial charge is 0.484 e. The van der Waals surface area contributed by atoms with E-state index in [1.165, 1.54) is 5.56 Å². The zero-order valence-electron chi connectivity index (χ0n) is 18.1. The Labute approximate surface area is 197 Å². The number of nitrogens with one attached hydrogen (secondary N) is 2. The van der Waals surface area contributed by atoms with E-state index < -0.39 is 0 Å². The molecule has 0 aromatic heterocycles. The molecule has 0 spiro atoms. The summed E-state index contributed by atoms with van der Waals surface area (Å²) in [5.74, 6) is 2.20. The third-order valence-electron chi connectivity index (χ3n) is 5.15. The number of carbonyl (C=O) groups is 1. The number of guanidine groups is 1. The van der Waals surface area contributed by atoms with Crippen molar-refractivity contribution in [3.05, 3.63) is 29.8 Å². The summed E-state index contributed by atoms with van der Waals surface area (Å²) in [5.41, 5.74) is 1.20. The molecule has 0 bridgehead atoms. The van der Waals surface area contributed by atoms with Crippen LogP contribution in [0.25, 0.3) is 0 Å². The summed E-state index contributed by atoms with van der Waals surface area (Å²) in [6.07, 6.45) is 4.16. The van der Waals surface area contributed by atoms with Crippen LogP contribution < -0.4 is 15.4 Å². The average Bonchev–Trinajstić information content (AvgIpc) is 3.38. The molecule has 168 valence electrons. The first-order valence-corrected chi connectivity index (χ1v) is 10.7. The second-order valence-corrected chi connectivity index (χ2v) is 7.87. The highest BCUT2D eigenvalue weighted by Gasteiger charge is 2.23. The molecule has 1 heterocycles. The summed E-state index contributed by atoms with van der Waals surface area (Å²) < 4.78 is 11.0. The van der Waals surface area contributed by atoms with Crippen LogP contribution in [0.2, 0.25) is 0 Å². The molecule has 30 heavy (non-hydrogen) atoms. The molecular formula is C22H35IN4O3. The Morgan fingerprint density at radius 1 is 1.27 bits per heavy atom. The molecule has 7 nitrogen and oxygen atoms in total. The maximum atomic E-state index is 11.7. The molecule has 1 amide bonds. The van der Waals surface area contributed by atoms with Crippen molar-refractivity contribution in [1.29, 1.82) is 0 Å². The van der Waals surface area contributed by atoms with Crippen molar-refractivity contribution >= 4 is 35.8 Å². The minimum absolute atomic E-state index is 0.